The van der Waals surface area contributed by atoms with Gasteiger partial charge in [0.15, 0.2) is 0 Å². The van der Waals surface area contributed by atoms with Gasteiger partial charge in [-0.25, -0.2) is 0 Å². The van der Waals surface area contributed by atoms with Crippen LogP contribution in [0.1, 0.15) is 25.7 Å². The second-order valence-corrected chi connectivity index (χ2v) is 5.86. The molecule has 2 atom stereocenters. The molecular weight excluding hydrogens is 220 g/mol. The highest BCUT2D eigenvalue weighted by molar-refractivity contribution is 5.42. The molecule has 2 heteroatoms. The van der Waals surface area contributed by atoms with Crippen molar-refractivity contribution < 1.29 is 0 Å². The van der Waals surface area contributed by atoms with Crippen LogP contribution in [0.3, 0.4) is 0 Å². The molecule has 0 radical (unpaired) electrons. The number of nitrogens with one attached hydrogen (secondary N) is 1. The molecule has 1 heterocycles. The lowest BCUT2D eigenvalue weighted by Gasteiger charge is -2.16. The van der Waals surface area contributed by atoms with Crippen molar-refractivity contribution in [2.45, 2.75) is 25.7 Å². The minimum Gasteiger partial charge on any atom is -0.385 e. The van der Waals surface area contributed by atoms with Crippen LogP contribution in [0.4, 0.5) is 5.69 Å². The molecule has 2 fully saturated rings. The van der Waals surface area contributed by atoms with Crippen molar-refractivity contribution in [3.63, 3.8) is 0 Å². The van der Waals surface area contributed by atoms with Crippen LogP contribution in [0.25, 0.3) is 0 Å². The Morgan fingerprint density at radius 2 is 1.78 bits per heavy atom. The first kappa shape index (κ1) is 12.0. The predicted molar refractivity (Wildman–Crippen MR) is 76.8 cm³/mol. The van der Waals surface area contributed by atoms with Crippen LogP contribution in [-0.4, -0.2) is 31.1 Å². The Kier molecular flexibility index (Phi) is 3.84. The van der Waals surface area contributed by atoms with E-state index in [0.717, 1.165) is 18.4 Å². The molecule has 1 N–H and O–H groups in total. The van der Waals surface area contributed by atoms with E-state index in [1.165, 1.54) is 51.0 Å². The van der Waals surface area contributed by atoms with Gasteiger partial charge in [0, 0.05) is 25.3 Å². The molecule has 0 spiro atoms. The average Bonchev–Trinajstić information content (AvgIpc) is 2.96. The molecule has 98 valence electrons. The number of anilines is 1. The zero-order valence-electron chi connectivity index (χ0n) is 11.1. The fourth-order valence-corrected chi connectivity index (χ4v) is 3.61. The van der Waals surface area contributed by atoms with Crippen LogP contribution in [0.2, 0.25) is 0 Å². The standard InChI is InChI=1S/C16H24N2/c1-2-8-16(9-3-1)17-10-5-11-18-12-14-6-4-7-15(14)13-18/h1-3,8-9,14-15,17H,4-7,10-13H2. The monoisotopic (exact) mass is 244 g/mol. The first-order chi connectivity index (χ1) is 8.92. The maximum atomic E-state index is 3.49. The minimum atomic E-state index is 1.03. The molecule has 0 aromatic heterocycles. The van der Waals surface area contributed by atoms with E-state index >= 15 is 0 Å². The van der Waals surface area contributed by atoms with Crippen LogP contribution in [0.5, 0.6) is 0 Å². The molecular formula is C16H24N2. The van der Waals surface area contributed by atoms with E-state index in [0.29, 0.717) is 0 Å². The van der Waals surface area contributed by atoms with Crippen molar-refractivity contribution in [1.29, 1.82) is 0 Å². The highest BCUT2D eigenvalue weighted by Crippen LogP contribution is 2.37. The Bertz CT molecular complexity index is 351. The minimum absolute atomic E-state index is 1.03. The molecule has 1 aromatic carbocycles. The van der Waals surface area contributed by atoms with Crippen LogP contribution in [0.15, 0.2) is 30.3 Å². The van der Waals surface area contributed by atoms with Crippen LogP contribution in [0, 0.1) is 11.8 Å². The summed E-state index contributed by atoms with van der Waals surface area (Å²) in [4.78, 5) is 2.68. The Morgan fingerprint density at radius 3 is 2.50 bits per heavy atom. The van der Waals surface area contributed by atoms with Gasteiger partial charge in [0.2, 0.25) is 0 Å². The number of benzene rings is 1. The summed E-state index contributed by atoms with van der Waals surface area (Å²) in [5, 5.41) is 3.49. The van der Waals surface area contributed by atoms with E-state index in [1.54, 1.807) is 0 Å². The van der Waals surface area contributed by atoms with Gasteiger partial charge in [0.25, 0.3) is 0 Å². The summed E-state index contributed by atoms with van der Waals surface area (Å²) in [5.41, 5.74) is 1.25. The lowest BCUT2D eigenvalue weighted by Crippen LogP contribution is -2.24. The molecule has 1 saturated carbocycles. The topological polar surface area (TPSA) is 15.3 Å². The molecule has 1 saturated heterocycles. The molecule has 1 aliphatic carbocycles. The molecule has 2 aliphatic rings. The van der Waals surface area contributed by atoms with Crippen LogP contribution >= 0.6 is 0 Å². The molecule has 0 amide bonds. The van der Waals surface area contributed by atoms with Crippen LogP contribution < -0.4 is 5.32 Å². The normalized spacial score (nSPS) is 27.3. The number of fused-ring (bicyclic) bond motifs is 1. The van der Waals surface area contributed by atoms with Crippen molar-refractivity contribution >= 4 is 5.69 Å². The summed E-state index contributed by atoms with van der Waals surface area (Å²) in [6.07, 6.45) is 5.72. The lowest BCUT2D eigenvalue weighted by molar-refractivity contribution is 0.310. The molecule has 2 unspecified atom stereocenters. The maximum Gasteiger partial charge on any atom is 0.0340 e. The molecule has 1 aromatic rings. The van der Waals surface area contributed by atoms with Crippen molar-refractivity contribution in [3.8, 4) is 0 Å². The van der Waals surface area contributed by atoms with Crippen molar-refractivity contribution in [3.05, 3.63) is 30.3 Å². The van der Waals surface area contributed by atoms with Crippen molar-refractivity contribution in [1.82, 2.24) is 4.90 Å². The number of rotatable bonds is 5. The smallest absolute Gasteiger partial charge is 0.0340 e. The summed E-state index contributed by atoms with van der Waals surface area (Å²) in [6, 6.07) is 10.5. The Morgan fingerprint density at radius 1 is 1.06 bits per heavy atom. The summed E-state index contributed by atoms with van der Waals surface area (Å²) < 4.78 is 0. The fraction of sp³-hybridized carbons (Fsp3) is 0.625. The first-order valence-electron chi connectivity index (χ1n) is 7.43. The third kappa shape index (κ3) is 2.86. The summed E-state index contributed by atoms with van der Waals surface area (Å²) in [5.74, 6) is 2.07. The average molecular weight is 244 g/mol. The quantitative estimate of drug-likeness (QED) is 0.800. The zero-order valence-corrected chi connectivity index (χ0v) is 11.1. The van der Waals surface area contributed by atoms with Crippen molar-refractivity contribution in [2.75, 3.05) is 31.5 Å². The van der Waals surface area contributed by atoms with E-state index in [9.17, 15) is 0 Å². The van der Waals surface area contributed by atoms with Gasteiger partial charge in [-0.3, -0.25) is 0 Å². The van der Waals surface area contributed by atoms with Gasteiger partial charge in [0.1, 0.15) is 0 Å². The van der Waals surface area contributed by atoms with Crippen LogP contribution in [-0.2, 0) is 0 Å². The second kappa shape index (κ2) is 5.75. The number of hydrogen-bond donors (Lipinski definition) is 1. The summed E-state index contributed by atoms with van der Waals surface area (Å²) in [6.45, 7) is 5.11. The predicted octanol–water partition coefficient (Wildman–Crippen LogP) is 3.22. The molecule has 18 heavy (non-hydrogen) atoms. The number of nitrogens with zero attached hydrogens (tertiary/aromatic N) is 1. The largest absolute Gasteiger partial charge is 0.385 e. The third-order valence-electron chi connectivity index (χ3n) is 4.56. The molecule has 0 bridgehead atoms. The van der Waals surface area contributed by atoms with Gasteiger partial charge in [0.05, 0.1) is 0 Å². The Hall–Kier alpha value is -1.02. The van der Waals surface area contributed by atoms with Gasteiger partial charge in [-0.2, -0.15) is 0 Å². The third-order valence-corrected chi connectivity index (χ3v) is 4.56. The number of para-hydroxylation sites is 1. The summed E-state index contributed by atoms with van der Waals surface area (Å²) >= 11 is 0. The SMILES string of the molecule is c1ccc(NCCCN2CC3CCCC3C2)cc1. The Balaban J connectivity index is 1.34. The molecule has 2 nitrogen and oxygen atoms in total. The van der Waals surface area contributed by atoms with E-state index < -0.39 is 0 Å². The number of likely N-dealkylation sites (tertiary alicyclic amines) is 1. The highest BCUT2D eigenvalue weighted by atomic mass is 15.2. The lowest BCUT2D eigenvalue weighted by atomic mass is 10.0. The number of hydrogen-bond acceptors (Lipinski definition) is 2. The zero-order chi connectivity index (χ0) is 12.2. The first-order valence-corrected chi connectivity index (χ1v) is 7.43. The van der Waals surface area contributed by atoms with Gasteiger partial charge >= 0.3 is 0 Å². The van der Waals surface area contributed by atoms with E-state index in [2.05, 4.69) is 40.5 Å². The van der Waals surface area contributed by atoms with E-state index in [4.69, 9.17) is 0 Å². The fourth-order valence-electron chi connectivity index (χ4n) is 3.61. The maximum absolute atomic E-state index is 3.49. The van der Waals surface area contributed by atoms with Gasteiger partial charge in [-0.05, 0) is 49.8 Å². The molecule has 3 rings (SSSR count). The Labute approximate surface area is 110 Å². The van der Waals surface area contributed by atoms with Crippen molar-refractivity contribution in [2.24, 2.45) is 11.8 Å². The molecule has 1 aliphatic heterocycles. The van der Waals surface area contributed by atoms with Gasteiger partial charge in [-0.1, -0.05) is 24.6 Å². The van der Waals surface area contributed by atoms with E-state index in [1.807, 2.05) is 0 Å². The van der Waals surface area contributed by atoms with Gasteiger partial charge in [-0.15, -0.1) is 0 Å². The second-order valence-electron chi connectivity index (χ2n) is 5.86. The highest BCUT2D eigenvalue weighted by Gasteiger charge is 2.35. The van der Waals surface area contributed by atoms with E-state index in [-0.39, 0.29) is 0 Å². The summed E-state index contributed by atoms with van der Waals surface area (Å²) in [7, 11) is 0. The van der Waals surface area contributed by atoms with Gasteiger partial charge < -0.3 is 10.2 Å².